The standard InChI is InChI=1S/C14H22N2O2/c1-3-14(2,15)13(18)16-12-8-4-6-11(10-12)7-5-9-17/h4,6,8,10,17H,3,5,7,9,15H2,1-2H3,(H,16,18). The number of nitrogens with one attached hydrogen (secondary N) is 1. The van der Waals surface area contributed by atoms with Gasteiger partial charge in [0, 0.05) is 12.3 Å². The van der Waals surface area contributed by atoms with E-state index < -0.39 is 5.54 Å². The summed E-state index contributed by atoms with van der Waals surface area (Å²) < 4.78 is 0. The monoisotopic (exact) mass is 250 g/mol. The summed E-state index contributed by atoms with van der Waals surface area (Å²) in [5, 5.41) is 11.6. The minimum atomic E-state index is -0.846. The fraction of sp³-hybridized carbons (Fsp3) is 0.500. The molecule has 0 aliphatic carbocycles. The summed E-state index contributed by atoms with van der Waals surface area (Å²) in [6.07, 6.45) is 2.11. The van der Waals surface area contributed by atoms with E-state index in [2.05, 4.69) is 5.32 Å². The van der Waals surface area contributed by atoms with Crippen LogP contribution < -0.4 is 11.1 Å². The highest BCUT2D eigenvalue weighted by Gasteiger charge is 2.25. The molecule has 1 amide bonds. The molecule has 0 fully saturated rings. The number of aliphatic hydroxyl groups is 1. The number of carbonyl (C=O) groups is 1. The molecule has 18 heavy (non-hydrogen) atoms. The summed E-state index contributed by atoms with van der Waals surface area (Å²) in [5.74, 6) is -0.177. The van der Waals surface area contributed by atoms with Crippen LogP contribution in [0.15, 0.2) is 24.3 Å². The second kappa shape index (κ2) is 6.52. The molecule has 1 aromatic carbocycles. The maximum absolute atomic E-state index is 11.9. The Morgan fingerprint density at radius 1 is 1.50 bits per heavy atom. The zero-order valence-electron chi connectivity index (χ0n) is 11.1. The fourth-order valence-corrected chi connectivity index (χ4v) is 1.52. The Labute approximate surface area is 108 Å². The molecule has 1 atom stereocenters. The predicted octanol–water partition coefficient (Wildman–Crippen LogP) is 1.68. The first kappa shape index (κ1) is 14.7. The first-order valence-corrected chi connectivity index (χ1v) is 6.29. The minimum absolute atomic E-state index is 0.174. The number of nitrogens with two attached hydrogens (primary N) is 1. The van der Waals surface area contributed by atoms with Gasteiger partial charge in [-0.25, -0.2) is 0 Å². The van der Waals surface area contributed by atoms with E-state index in [0.29, 0.717) is 6.42 Å². The number of rotatable bonds is 6. The average molecular weight is 250 g/mol. The van der Waals surface area contributed by atoms with Crippen molar-refractivity contribution in [1.29, 1.82) is 0 Å². The number of hydrogen-bond acceptors (Lipinski definition) is 3. The number of hydrogen-bond donors (Lipinski definition) is 3. The van der Waals surface area contributed by atoms with Gasteiger partial charge in [-0.2, -0.15) is 0 Å². The van der Waals surface area contributed by atoms with Crippen LogP contribution in [0.25, 0.3) is 0 Å². The average Bonchev–Trinajstić information content (AvgIpc) is 2.36. The molecule has 0 aliphatic rings. The quantitative estimate of drug-likeness (QED) is 0.719. The van der Waals surface area contributed by atoms with E-state index in [-0.39, 0.29) is 12.5 Å². The van der Waals surface area contributed by atoms with Gasteiger partial charge in [0.05, 0.1) is 5.54 Å². The number of aliphatic hydroxyl groups excluding tert-OH is 1. The molecule has 1 rings (SSSR count). The van der Waals surface area contributed by atoms with Crippen LogP contribution in [0.5, 0.6) is 0 Å². The predicted molar refractivity (Wildman–Crippen MR) is 73.4 cm³/mol. The number of aryl methyl sites for hydroxylation is 1. The Bertz CT molecular complexity index is 403. The largest absolute Gasteiger partial charge is 0.396 e. The molecule has 0 spiro atoms. The summed E-state index contributed by atoms with van der Waals surface area (Å²) in [6, 6.07) is 7.63. The second-order valence-corrected chi connectivity index (χ2v) is 4.75. The molecule has 4 heteroatoms. The lowest BCUT2D eigenvalue weighted by Crippen LogP contribution is -2.47. The summed E-state index contributed by atoms with van der Waals surface area (Å²) in [4.78, 5) is 11.9. The molecule has 0 heterocycles. The lowest BCUT2D eigenvalue weighted by atomic mass is 9.99. The Morgan fingerprint density at radius 3 is 2.83 bits per heavy atom. The molecule has 0 bridgehead atoms. The number of benzene rings is 1. The molecule has 1 aromatic rings. The molecule has 0 aromatic heterocycles. The first-order valence-electron chi connectivity index (χ1n) is 6.29. The molecule has 100 valence electrons. The highest BCUT2D eigenvalue weighted by molar-refractivity contribution is 5.97. The van der Waals surface area contributed by atoms with E-state index in [0.717, 1.165) is 24.1 Å². The van der Waals surface area contributed by atoms with Gasteiger partial charge in [-0.05, 0) is 43.9 Å². The molecular weight excluding hydrogens is 228 g/mol. The third-order valence-corrected chi connectivity index (χ3v) is 3.06. The third kappa shape index (κ3) is 4.13. The van der Waals surface area contributed by atoms with Crippen LogP contribution in [0, 0.1) is 0 Å². The minimum Gasteiger partial charge on any atom is -0.396 e. The van der Waals surface area contributed by atoms with Crippen LogP contribution in [0.4, 0.5) is 5.69 Å². The van der Waals surface area contributed by atoms with Crippen molar-refractivity contribution < 1.29 is 9.90 Å². The highest BCUT2D eigenvalue weighted by Crippen LogP contribution is 2.15. The van der Waals surface area contributed by atoms with Crippen molar-refractivity contribution in [1.82, 2.24) is 0 Å². The van der Waals surface area contributed by atoms with Crippen molar-refractivity contribution in [3.63, 3.8) is 0 Å². The zero-order chi connectivity index (χ0) is 13.6. The van der Waals surface area contributed by atoms with E-state index in [1.54, 1.807) is 6.92 Å². The van der Waals surface area contributed by atoms with Crippen LogP contribution >= 0.6 is 0 Å². The van der Waals surface area contributed by atoms with Gasteiger partial charge in [0.25, 0.3) is 0 Å². The van der Waals surface area contributed by atoms with Gasteiger partial charge in [-0.1, -0.05) is 19.1 Å². The van der Waals surface area contributed by atoms with Crippen molar-refractivity contribution >= 4 is 11.6 Å². The van der Waals surface area contributed by atoms with E-state index in [1.807, 2.05) is 31.2 Å². The lowest BCUT2D eigenvalue weighted by molar-refractivity contribution is -0.120. The summed E-state index contributed by atoms with van der Waals surface area (Å²) in [6.45, 7) is 3.78. The third-order valence-electron chi connectivity index (χ3n) is 3.06. The molecule has 0 saturated carbocycles. The van der Waals surface area contributed by atoms with Gasteiger partial charge < -0.3 is 16.2 Å². The van der Waals surface area contributed by atoms with Gasteiger partial charge in [0.15, 0.2) is 0 Å². The van der Waals surface area contributed by atoms with Crippen molar-refractivity contribution in [3.05, 3.63) is 29.8 Å². The van der Waals surface area contributed by atoms with Crippen LogP contribution in [0.2, 0.25) is 0 Å². The molecule has 0 radical (unpaired) electrons. The van der Waals surface area contributed by atoms with Crippen molar-refractivity contribution in [2.24, 2.45) is 5.73 Å². The van der Waals surface area contributed by atoms with Crippen LogP contribution in [0.3, 0.4) is 0 Å². The topological polar surface area (TPSA) is 75.4 Å². The SMILES string of the molecule is CCC(C)(N)C(=O)Nc1cccc(CCCO)c1. The zero-order valence-corrected chi connectivity index (χ0v) is 11.1. The van der Waals surface area contributed by atoms with Crippen molar-refractivity contribution in [2.75, 3.05) is 11.9 Å². The number of carbonyl (C=O) groups excluding carboxylic acids is 1. The van der Waals surface area contributed by atoms with E-state index in [9.17, 15) is 4.79 Å². The van der Waals surface area contributed by atoms with Crippen molar-refractivity contribution in [3.8, 4) is 0 Å². The van der Waals surface area contributed by atoms with Crippen LogP contribution in [-0.2, 0) is 11.2 Å². The summed E-state index contributed by atoms with van der Waals surface area (Å²) >= 11 is 0. The van der Waals surface area contributed by atoms with Gasteiger partial charge in [0.2, 0.25) is 5.91 Å². The van der Waals surface area contributed by atoms with E-state index in [1.165, 1.54) is 0 Å². The van der Waals surface area contributed by atoms with Gasteiger partial charge in [-0.15, -0.1) is 0 Å². The highest BCUT2D eigenvalue weighted by atomic mass is 16.2. The normalized spacial score (nSPS) is 14.0. The molecule has 4 N–H and O–H groups in total. The van der Waals surface area contributed by atoms with Crippen LogP contribution in [-0.4, -0.2) is 23.2 Å². The second-order valence-electron chi connectivity index (χ2n) is 4.75. The van der Waals surface area contributed by atoms with E-state index >= 15 is 0 Å². The summed E-state index contributed by atoms with van der Waals surface area (Å²) in [7, 11) is 0. The molecule has 0 saturated heterocycles. The van der Waals surface area contributed by atoms with Crippen molar-refractivity contribution in [2.45, 2.75) is 38.6 Å². The number of amides is 1. The smallest absolute Gasteiger partial charge is 0.244 e. The summed E-state index contributed by atoms with van der Waals surface area (Å²) in [5.41, 5.74) is 6.88. The van der Waals surface area contributed by atoms with Gasteiger partial charge in [0.1, 0.15) is 0 Å². The van der Waals surface area contributed by atoms with Gasteiger partial charge in [-0.3, -0.25) is 4.79 Å². The lowest BCUT2D eigenvalue weighted by Gasteiger charge is -2.21. The molecule has 0 aliphatic heterocycles. The molecular formula is C14H22N2O2. The maximum atomic E-state index is 11.9. The first-order chi connectivity index (χ1) is 8.49. The Hall–Kier alpha value is -1.39. The van der Waals surface area contributed by atoms with Crippen LogP contribution in [0.1, 0.15) is 32.3 Å². The number of anilines is 1. The fourth-order valence-electron chi connectivity index (χ4n) is 1.52. The van der Waals surface area contributed by atoms with E-state index in [4.69, 9.17) is 10.8 Å². The Morgan fingerprint density at radius 2 is 2.22 bits per heavy atom. The van der Waals surface area contributed by atoms with Gasteiger partial charge >= 0.3 is 0 Å². The molecule has 4 nitrogen and oxygen atoms in total. The maximum Gasteiger partial charge on any atom is 0.244 e. The Kier molecular flexibility index (Phi) is 5.31. The molecule has 1 unspecified atom stereocenters. The Balaban J connectivity index is 2.70.